The molecular formula is C15H24N2O2. The summed E-state index contributed by atoms with van der Waals surface area (Å²) in [7, 11) is 0. The van der Waals surface area contributed by atoms with Gasteiger partial charge in [-0.2, -0.15) is 0 Å². The van der Waals surface area contributed by atoms with Crippen LogP contribution in [0.1, 0.15) is 12.5 Å². The van der Waals surface area contributed by atoms with Gasteiger partial charge in [-0.25, -0.2) is 0 Å². The van der Waals surface area contributed by atoms with Crippen molar-refractivity contribution in [2.75, 3.05) is 50.9 Å². The number of rotatable bonds is 6. The SMILES string of the molecule is CCN(CCO)Cc1ccc(N2CCOCC2)cc1. The van der Waals surface area contributed by atoms with E-state index in [9.17, 15) is 0 Å². The quantitative estimate of drug-likeness (QED) is 0.841. The Balaban J connectivity index is 1.93. The van der Waals surface area contributed by atoms with E-state index in [1.165, 1.54) is 11.3 Å². The highest BCUT2D eigenvalue weighted by atomic mass is 16.5. The van der Waals surface area contributed by atoms with Gasteiger partial charge in [-0.05, 0) is 24.2 Å². The second-order valence-electron chi connectivity index (χ2n) is 4.86. The van der Waals surface area contributed by atoms with E-state index in [1.54, 1.807) is 0 Å². The minimum atomic E-state index is 0.222. The molecule has 0 bridgehead atoms. The van der Waals surface area contributed by atoms with Gasteiger partial charge in [0.2, 0.25) is 0 Å². The highest BCUT2D eigenvalue weighted by Gasteiger charge is 2.11. The van der Waals surface area contributed by atoms with Crippen LogP contribution in [0.3, 0.4) is 0 Å². The van der Waals surface area contributed by atoms with Crippen molar-refractivity contribution in [3.8, 4) is 0 Å². The molecule has 1 aliphatic heterocycles. The van der Waals surface area contributed by atoms with Gasteiger partial charge in [0.1, 0.15) is 0 Å². The summed E-state index contributed by atoms with van der Waals surface area (Å²) in [6, 6.07) is 8.75. The van der Waals surface area contributed by atoms with Crippen LogP contribution in [0.15, 0.2) is 24.3 Å². The molecule has 0 aliphatic carbocycles. The number of anilines is 1. The van der Waals surface area contributed by atoms with Crippen molar-refractivity contribution in [2.45, 2.75) is 13.5 Å². The molecule has 4 heteroatoms. The second kappa shape index (κ2) is 7.48. The Morgan fingerprint density at radius 1 is 1.21 bits per heavy atom. The summed E-state index contributed by atoms with van der Waals surface area (Å²) in [5.74, 6) is 0. The fourth-order valence-corrected chi connectivity index (χ4v) is 2.38. The zero-order valence-corrected chi connectivity index (χ0v) is 11.7. The highest BCUT2D eigenvalue weighted by molar-refractivity contribution is 5.47. The van der Waals surface area contributed by atoms with E-state index in [1.807, 2.05) is 0 Å². The Morgan fingerprint density at radius 2 is 1.89 bits per heavy atom. The summed E-state index contributed by atoms with van der Waals surface area (Å²) in [5, 5.41) is 9.00. The molecule has 1 heterocycles. The molecule has 19 heavy (non-hydrogen) atoms. The van der Waals surface area contributed by atoms with Crippen LogP contribution in [0.25, 0.3) is 0 Å². The van der Waals surface area contributed by atoms with E-state index in [4.69, 9.17) is 9.84 Å². The van der Waals surface area contributed by atoms with Crippen LogP contribution in [0.4, 0.5) is 5.69 Å². The molecule has 1 saturated heterocycles. The molecule has 106 valence electrons. The van der Waals surface area contributed by atoms with Gasteiger partial charge in [0, 0.05) is 31.9 Å². The zero-order chi connectivity index (χ0) is 13.5. The van der Waals surface area contributed by atoms with E-state index in [-0.39, 0.29) is 6.61 Å². The second-order valence-corrected chi connectivity index (χ2v) is 4.86. The molecule has 1 aromatic rings. The molecule has 1 fully saturated rings. The molecule has 1 aromatic carbocycles. The van der Waals surface area contributed by atoms with Crippen LogP contribution in [-0.4, -0.2) is 56.0 Å². The van der Waals surface area contributed by atoms with Gasteiger partial charge < -0.3 is 14.7 Å². The molecule has 0 saturated carbocycles. The number of hydrogen-bond donors (Lipinski definition) is 1. The lowest BCUT2D eigenvalue weighted by molar-refractivity contribution is 0.122. The monoisotopic (exact) mass is 264 g/mol. The van der Waals surface area contributed by atoms with Crippen molar-refractivity contribution in [3.05, 3.63) is 29.8 Å². The highest BCUT2D eigenvalue weighted by Crippen LogP contribution is 2.17. The number of aliphatic hydroxyl groups is 1. The topological polar surface area (TPSA) is 35.9 Å². The first-order valence-corrected chi connectivity index (χ1v) is 7.08. The van der Waals surface area contributed by atoms with E-state index in [0.717, 1.165) is 45.9 Å². The molecule has 1 N–H and O–H groups in total. The number of morpholine rings is 1. The summed E-state index contributed by atoms with van der Waals surface area (Å²) in [5.41, 5.74) is 2.57. The molecule has 0 spiro atoms. The molecule has 0 aromatic heterocycles. The van der Waals surface area contributed by atoms with Gasteiger partial charge in [-0.15, -0.1) is 0 Å². The average Bonchev–Trinajstić information content (AvgIpc) is 2.48. The molecule has 1 aliphatic rings. The van der Waals surface area contributed by atoms with E-state index < -0.39 is 0 Å². The molecule has 0 unspecified atom stereocenters. The average molecular weight is 264 g/mol. The maximum Gasteiger partial charge on any atom is 0.0642 e. The van der Waals surface area contributed by atoms with Crippen LogP contribution in [0.2, 0.25) is 0 Å². The smallest absolute Gasteiger partial charge is 0.0642 e. The number of nitrogens with zero attached hydrogens (tertiary/aromatic N) is 2. The number of hydrogen-bond acceptors (Lipinski definition) is 4. The summed E-state index contributed by atoms with van der Waals surface area (Å²) < 4.78 is 5.37. The number of ether oxygens (including phenoxy) is 1. The van der Waals surface area contributed by atoms with Crippen molar-refractivity contribution in [2.24, 2.45) is 0 Å². The Labute approximate surface area is 115 Å². The summed E-state index contributed by atoms with van der Waals surface area (Å²) >= 11 is 0. The van der Waals surface area contributed by atoms with Gasteiger partial charge in [-0.3, -0.25) is 4.90 Å². The molecule has 0 amide bonds. The normalized spacial score (nSPS) is 16.1. The van der Waals surface area contributed by atoms with Crippen LogP contribution < -0.4 is 4.90 Å². The first-order chi connectivity index (χ1) is 9.33. The third kappa shape index (κ3) is 4.20. The first-order valence-electron chi connectivity index (χ1n) is 7.08. The zero-order valence-electron chi connectivity index (χ0n) is 11.7. The van der Waals surface area contributed by atoms with Crippen LogP contribution in [0, 0.1) is 0 Å². The van der Waals surface area contributed by atoms with Crippen LogP contribution in [-0.2, 0) is 11.3 Å². The molecule has 0 radical (unpaired) electrons. The van der Waals surface area contributed by atoms with Gasteiger partial charge in [-0.1, -0.05) is 19.1 Å². The lowest BCUT2D eigenvalue weighted by Gasteiger charge is -2.29. The molecule has 0 atom stereocenters. The largest absolute Gasteiger partial charge is 0.395 e. The van der Waals surface area contributed by atoms with Gasteiger partial charge in [0.25, 0.3) is 0 Å². The minimum absolute atomic E-state index is 0.222. The molecular weight excluding hydrogens is 240 g/mol. The van der Waals surface area contributed by atoms with Crippen LogP contribution in [0.5, 0.6) is 0 Å². The summed E-state index contributed by atoms with van der Waals surface area (Å²) in [4.78, 5) is 4.60. The first kappa shape index (κ1) is 14.3. The van der Waals surface area contributed by atoms with Gasteiger partial charge >= 0.3 is 0 Å². The molecule has 4 nitrogen and oxygen atoms in total. The fourth-order valence-electron chi connectivity index (χ4n) is 2.38. The van der Waals surface area contributed by atoms with Crippen molar-refractivity contribution in [1.82, 2.24) is 4.90 Å². The Kier molecular flexibility index (Phi) is 5.63. The third-order valence-corrected chi connectivity index (χ3v) is 3.58. The Bertz CT molecular complexity index is 361. The Hall–Kier alpha value is -1.10. The molecule has 2 rings (SSSR count). The maximum atomic E-state index is 9.00. The van der Waals surface area contributed by atoms with Gasteiger partial charge in [0.15, 0.2) is 0 Å². The van der Waals surface area contributed by atoms with E-state index in [0.29, 0.717) is 0 Å². The minimum Gasteiger partial charge on any atom is -0.395 e. The maximum absolute atomic E-state index is 9.00. The van der Waals surface area contributed by atoms with Gasteiger partial charge in [0.05, 0.1) is 19.8 Å². The van der Waals surface area contributed by atoms with Crippen molar-refractivity contribution >= 4 is 5.69 Å². The van der Waals surface area contributed by atoms with Crippen molar-refractivity contribution in [1.29, 1.82) is 0 Å². The number of benzene rings is 1. The van der Waals surface area contributed by atoms with E-state index >= 15 is 0 Å². The summed E-state index contributed by atoms with van der Waals surface area (Å²) in [6.45, 7) is 8.55. The van der Waals surface area contributed by atoms with Crippen molar-refractivity contribution < 1.29 is 9.84 Å². The Morgan fingerprint density at radius 3 is 2.47 bits per heavy atom. The predicted molar refractivity (Wildman–Crippen MR) is 77.5 cm³/mol. The number of likely N-dealkylation sites (N-methyl/N-ethyl adjacent to an activating group) is 1. The van der Waals surface area contributed by atoms with Crippen LogP contribution >= 0.6 is 0 Å². The third-order valence-electron chi connectivity index (χ3n) is 3.58. The lowest BCUT2D eigenvalue weighted by atomic mass is 10.1. The summed E-state index contributed by atoms with van der Waals surface area (Å²) in [6.07, 6.45) is 0. The van der Waals surface area contributed by atoms with E-state index in [2.05, 4.69) is 41.0 Å². The van der Waals surface area contributed by atoms with Crippen molar-refractivity contribution in [3.63, 3.8) is 0 Å². The lowest BCUT2D eigenvalue weighted by Crippen LogP contribution is -2.36. The fraction of sp³-hybridized carbons (Fsp3) is 0.600. The number of aliphatic hydroxyl groups excluding tert-OH is 1. The predicted octanol–water partition coefficient (Wildman–Crippen LogP) is 1.34. The standard InChI is InChI=1S/C15H24N2O2/c1-2-16(7-10-18)13-14-3-5-15(6-4-14)17-8-11-19-12-9-17/h3-6,18H,2,7-13H2,1H3.